The summed E-state index contributed by atoms with van der Waals surface area (Å²) in [6.45, 7) is 3.55. The minimum Gasteiger partial charge on any atom is -0.495 e. The van der Waals surface area contributed by atoms with E-state index in [-0.39, 0.29) is 5.91 Å². The number of carbonyl (C=O) groups excluding carboxylic acids is 1. The van der Waals surface area contributed by atoms with Gasteiger partial charge in [0.15, 0.2) is 0 Å². The summed E-state index contributed by atoms with van der Waals surface area (Å²) < 4.78 is 5.21. The van der Waals surface area contributed by atoms with Crippen LogP contribution < -0.4 is 15.4 Å². The maximum absolute atomic E-state index is 11.9. The minimum atomic E-state index is -0.0314. The van der Waals surface area contributed by atoms with Crippen LogP contribution in [0.5, 0.6) is 5.75 Å². The van der Waals surface area contributed by atoms with Gasteiger partial charge in [0.05, 0.1) is 19.3 Å². The highest BCUT2D eigenvalue weighted by molar-refractivity contribution is 5.93. The van der Waals surface area contributed by atoms with E-state index in [0.29, 0.717) is 23.4 Å². The first-order chi connectivity index (χ1) is 9.63. The summed E-state index contributed by atoms with van der Waals surface area (Å²) in [6.07, 6.45) is 5.14. The smallest absolute Gasteiger partial charge is 0.238 e. The molecule has 1 amide bonds. The Morgan fingerprint density at radius 1 is 1.30 bits per heavy atom. The first-order valence-electron chi connectivity index (χ1n) is 7.27. The first-order valence-corrected chi connectivity index (χ1v) is 7.27. The number of benzene rings is 1. The molecule has 1 fully saturated rings. The molecule has 1 aliphatic rings. The third-order valence-corrected chi connectivity index (χ3v) is 4.03. The van der Waals surface area contributed by atoms with Gasteiger partial charge in [-0.05, 0) is 30.4 Å². The summed E-state index contributed by atoms with van der Waals surface area (Å²) in [6, 6.07) is 7.44. The molecule has 2 N–H and O–H groups in total. The second-order valence-electron chi connectivity index (χ2n) is 5.87. The number of hydrogen-bond donors (Lipinski definition) is 2. The van der Waals surface area contributed by atoms with Crippen LogP contribution in [0.25, 0.3) is 0 Å². The minimum absolute atomic E-state index is 0.0314. The van der Waals surface area contributed by atoms with Crippen molar-refractivity contribution < 1.29 is 9.53 Å². The average Bonchev–Trinajstić information content (AvgIpc) is 2.86. The van der Waals surface area contributed by atoms with Crippen LogP contribution in [0.1, 0.15) is 32.6 Å². The van der Waals surface area contributed by atoms with Gasteiger partial charge in [0.1, 0.15) is 5.75 Å². The van der Waals surface area contributed by atoms with Gasteiger partial charge in [-0.25, -0.2) is 0 Å². The lowest BCUT2D eigenvalue weighted by molar-refractivity contribution is -0.115. The average molecular weight is 276 g/mol. The van der Waals surface area contributed by atoms with Crippen molar-refractivity contribution in [3.05, 3.63) is 24.3 Å². The molecule has 0 heterocycles. The standard InChI is InChI=1S/C16H24N2O2/c1-16(9-5-6-10-16)12-17-11-15(19)18-13-7-3-4-8-14(13)20-2/h3-4,7-8,17H,5-6,9-12H2,1-2H3,(H,18,19). The molecule has 20 heavy (non-hydrogen) atoms. The number of ether oxygens (including phenoxy) is 1. The molecule has 1 aromatic carbocycles. The van der Waals surface area contributed by atoms with E-state index in [2.05, 4.69) is 17.6 Å². The molecule has 4 nitrogen and oxygen atoms in total. The van der Waals surface area contributed by atoms with Gasteiger partial charge in [0, 0.05) is 6.54 Å². The third kappa shape index (κ3) is 3.97. The highest BCUT2D eigenvalue weighted by Gasteiger charge is 2.28. The maximum Gasteiger partial charge on any atom is 0.238 e. The highest BCUT2D eigenvalue weighted by atomic mass is 16.5. The van der Waals surface area contributed by atoms with Gasteiger partial charge in [-0.2, -0.15) is 0 Å². The van der Waals surface area contributed by atoms with E-state index in [0.717, 1.165) is 6.54 Å². The zero-order chi connectivity index (χ0) is 14.4. The van der Waals surface area contributed by atoms with Crippen LogP contribution in [0.15, 0.2) is 24.3 Å². The van der Waals surface area contributed by atoms with E-state index in [4.69, 9.17) is 4.74 Å². The summed E-state index contributed by atoms with van der Waals surface area (Å²) >= 11 is 0. The van der Waals surface area contributed by atoms with E-state index in [1.54, 1.807) is 7.11 Å². The van der Waals surface area contributed by atoms with Crippen LogP contribution in [0.3, 0.4) is 0 Å². The van der Waals surface area contributed by atoms with Gasteiger partial charge in [-0.1, -0.05) is 31.9 Å². The molecule has 0 spiro atoms. The molecule has 0 radical (unpaired) electrons. The lowest BCUT2D eigenvalue weighted by Crippen LogP contribution is -2.35. The molecule has 0 atom stereocenters. The molecule has 0 unspecified atom stereocenters. The largest absolute Gasteiger partial charge is 0.495 e. The Labute approximate surface area is 120 Å². The van der Waals surface area contributed by atoms with E-state index >= 15 is 0 Å². The van der Waals surface area contributed by atoms with Crippen LogP contribution in [0.2, 0.25) is 0 Å². The van der Waals surface area contributed by atoms with Crippen LogP contribution >= 0.6 is 0 Å². The Bertz CT molecular complexity index is 454. The molecule has 0 saturated heterocycles. The highest BCUT2D eigenvalue weighted by Crippen LogP contribution is 2.36. The first kappa shape index (κ1) is 14.9. The quantitative estimate of drug-likeness (QED) is 0.840. The fourth-order valence-electron chi connectivity index (χ4n) is 2.83. The SMILES string of the molecule is COc1ccccc1NC(=O)CNCC1(C)CCCC1. The van der Waals surface area contributed by atoms with Crippen LogP contribution in [0, 0.1) is 5.41 Å². The summed E-state index contributed by atoms with van der Waals surface area (Å²) in [5.41, 5.74) is 1.08. The summed E-state index contributed by atoms with van der Waals surface area (Å²) in [4.78, 5) is 11.9. The number of rotatable bonds is 6. The van der Waals surface area contributed by atoms with Gasteiger partial charge in [-0.15, -0.1) is 0 Å². The van der Waals surface area contributed by atoms with Crippen molar-refractivity contribution in [3.63, 3.8) is 0 Å². The van der Waals surface area contributed by atoms with Gasteiger partial charge < -0.3 is 15.4 Å². The molecule has 2 rings (SSSR count). The van der Waals surface area contributed by atoms with Crippen molar-refractivity contribution in [3.8, 4) is 5.75 Å². The third-order valence-electron chi connectivity index (χ3n) is 4.03. The van der Waals surface area contributed by atoms with Crippen molar-refractivity contribution in [2.24, 2.45) is 5.41 Å². The van der Waals surface area contributed by atoms with E-state index in [9.17, 15) is 4.79 Å². The fourth-order valence-corrected chi connectivity index (χ4v) is 2.83. The van der Waals surface area contributed by atoms with Gasteiger partial charge in [0.2, 0.25) is 5.91 Å². The van der Waals surface area contributed by atoms with E-state index < -0.39 is 0 Å². The molecule has 4 heteroatoms. The molecule has 1 saturated carbocycles. The number of anilines is 1. The lowest BCUT2D eigenvalue weighted by atomic mass is 9.89. The molecule has 0 bridgehead atoms. The lowest BCUT2D eigenvalue weighted by Gasteiger charge is -2.23. The molecule has 1 aliphatic carbocycles. The van der Waals surface area contributed by atoms with E-state index in [1.165, 1.54) is 25.7 Å². The molecular formula is C16H24N2O2. The van der Waals surface area contributed by atoms with Crippen molar-refractivity contribution >= 4 is 11.6 Å². The van der Waals surface area contributed by atoms with Gasteiger partial charge >= 0.3 is 0 Å². The van der Waals surface area contributed by atoms with Gasteiger partial charge in [0.25, 0.3) is 0 Å². The normalized spacial score (nSPS) is 16.9. The number of carbonyl (C=O) groups is 1. The maximum atomic E-state index is 11.9. The molecule has 0 aliphatic heterocycles. The van der Waals surface area contributed by atoms with Crippen molar-refractivity contribution in [2.45, 2.75) is 32.6 Å². The Morgan fingerprint density at radius 3 is 2.70 bits per heavy atom. The van der Waals surface area contributed by atoms with Crippen LogP contribution in [-0.2, 0) is 4.79 Å². The van der Waals surface area contributed by atoms with Crippen LogP contribution in [-0.4, -0.2) is 26.1 Å². The molecule has 1 aromatic rings. The van der Waals surface area contributed by atoms with Crippen molar-refractivity contribution in [1.82, 2.24) is 5.32 Å². The Kier molecular flexibility index (Phi) is 5.01. The summed E-state index contributed by atoms with van der Waals surface area (Å²) in [5, 5.41) is 6.15. The second-order valence-corrected chi connectivity index (χ2v) is 5.87. The molecule has 0 aromatic heterocycles. The number of hydrogen-bond acceptors (Lipinski definition) is 3. The predicted octanol–water partition coefficient (Wildman–Crippen LogP) is 2.80. The van der Waals surface area contributed by atoms with Crippen molar-refractivity contribution in [1.29, 1.82) is 0 Å². The summed E-state index contributed by atoms with van der Waals surface area (Å²) in [7, 11) is 1.60. The molecular weight excluding hydrogens is 252 g/mol. The number of para-hydroxylation sites is 2. The van der Waals surface area contributed by atoms with Crippen molar-refractivity contribution in [2.75, 3.05) is 25.5 Å². The predicted molar refractivity (Wildman–Crippen MR) is 81.1 cm³/mol. The Balaban J connectivity index is 1.78. The number of nitrogens with one attached hydrogen (secondary N) is 2. The topological polar surface area (TPSA) is 50.4 Å². The zero-order valence-electron chi connectivity index (χ0n) is 12.4. The monoisotopic (exact) mass is 276 g/mol. The zero-order valence-corrected chi connectivity index (χ0v) is 12.4. The Morgan fingerprint density at radius 2 is 2.00 bits per heavy atom. The number of methoxy groups -OCH3 is 1. The molecule has 110 valence electrons. The fraction of sp³-hybridized carbons (Fsp3) is 0.562. The number of amides is 1. The van der Waals surface area contributed by atoms with Gasteiger partial charge in [-0.3, -0.25) is 4.79 Å². The van der Waals surface area contributed by atoms with Crippen LogP contribution in [0.4, 0.5) is 5.69 Å². The second kappa shape index (κ2) is 6.75. The van der Waals surface area contributed by atoms with E-state index in [1.807, 2.05) is 24.3 Å². The summed E-state index contributed by atoms with van der Waals surface area (Å²) in [5.74, 6) is 0.653. The Hall–Kier alpha value is -1.55.